The summed E-state index contributed by atoms with van der Waals surface area (Å²) in [4.78, 5) is 28.7. The van der Waals surface area contributed by atoms with Gasteiger partial charge in [0.15, 0.2) is 5.43 Å². The van der Waals surface area contributed by atoms with E-state index in [1.54, 1.807) is 48.4 Å². The molecule has 0 spiro atoms. The van der Waals surface area contributed by atoms with Gasteiger partial charge in [-0.1, -0.05) is 35.9 Å². The third-order valence-corrected chi connectivity index (χ3v) is 6.35. The van der Waals surface area contributed by atoms with E-state index in [-0.39, 0.29) is 35.0 Å². The number of aryl methyl sites for hydroxylation is 1. The number of benzene rings is 3. The van der Waals surface area contributed by atoms with Gasteiger partial charge in [-0.2, -0.15) is 0 Å². The maximum atomic E-state index is 13.6. The minimum atomic E-state index is -0.720. The molecular weight excluding hydrogens is 442 g/mol. The van der Waals surface area contributed by atoms with Crippen molar-refractivity contribution in [1.82, 2.24) is 4.90 Å². The van der Waals surface area contributed by atoms with Crippen LogP contribution in [0.2, 0.25) is 5.02 Å². The first-order valence-corrected chi connectivity index (χ1v) is 10.7. The lowest BCUT2D eigenvalue weighted by atomic mass is 9.98. The molecule has 1 aliphatic heterocycles. The molecule has 166 valence electrons. The Morgan fingerprint density at radius 3 is 2.55 bits per heavy atom. The molecule has 5 rings (SSSR count). The van der Waals surface area contributed by atoms with E-state index >= 15 is 0 Å². The van der Waals surface area contributed by atoms with Crippen LogP contribution in [0.1, 0.15) is 38.9 Å². The van der Waals surface area contributed by atoms with E-state index < -0.39 is 6.04 Å². The summed E-state index contributed by atoms with van der Waals surface area (Å²) in [5.74, 6) is 0.369. The number of aromatic hydroxyl groups is 1. The lowest BCUT2D eigenvalue weighted by Crippen LogP contribution is -2.29. The van der Waals surface area contributed by atoms with Crippen LogP contribution in [0.15, 0.2) is 69.9 Å². The Balaban J connectivity index is 1.71. The molecule has 1 amide bonds. The Labute approximate surface area is 194 Å². The molecule has 1 unspecified atom stereocenters. The van der Waals surface area contributed by atoms with Crippen LogP contribution in [-0.2, 0) is 6.54 Å². The zero-order valence-electron chi connectivity index (χ0n) is 18.0. The van der Waals surface area contributed by atoms with Crippen LogP contribution >= 0.6 is 11.6 Å². The molecule has 0 aliphatic carbocycles. The summed E-state index contributed by atoms with van der Waals surface area (Å²) in [5.41, 5.74) is 2.46. The monoisotopic (exact) mass is 461 g/mol. The fourth-order valence-corrected chi connectivity index (χ4v) is 4.44. The lowest BCUT2D eigenvalue weighted by Gasteiger charge is -2.25. The molecule has 1 atom stereocenters. The first-order chi connectivity index (χ1) is 15.9. The number of phenols is 1. The number of fused-ring (bicyclic) bond motifs is 2. The van der Waals surface area contributed by atoms with E-state index in [2.05, 4.69) is 0 Å². The summed E-state index contributed by atoms with van der Waals surface area (Å²) in [5, 5.41) is 10.9. The molecule has 1 aromatic heterocycles. The van der Waals surface area contributed by atoms with Crippen LogP contribution in [0.4, 0.5) is 0 Å². The summed E-state index contributed by atoms with van der Waals surface area (Å²) in [6.45, 7) is 2.05. The van der Waals surface area contributed by atoms with Crippen LogP contribution in [0.5, 0.6) is 11.5 Å². The Morgan fingerprint density at radius 1 is 1.09 bits per heavy atom. The highest BCUT2D eigenvalue weighted by molar-refractivity contribution is 6.32. The molecule has 33 heavy (non-hydrogen) atoms. The molecule has 0 bridgehead atoms. The van der Waals surface area contributed by atoms with Crippen molar-refractivity contribution >= 4 is 28.5 Å². The number of hydrogen-bond donors (Lipinski definition) is 1. The van der Waals surface area contributed by atoms with Crippen LogP contribution in [0.3, 0.4) is 0 Å². The molecule has 0 saturated heterocycles. The van der Waals surface area contributed by atoms with E-state index in [4.69, 9.17) is 20.8 Å². The first-order valence-electron chi connectivity index (χ1n) is 10.4. The van der Waals surface area contributed by atoms with E-state index in [1.807, 2.05) is 31.2 Å². The van der Waals surface area contributed by atoms with Gasteiger partial charge in [0.05, 0.1) is 24.1 Å². The van der Waals surface area contributed by atoms with Crippen LogP contribution in [0.25, 0.3) is 11.0 Å². The van der Waals surface area contributed by atoms with Gasteiger partial charge in [-0.15, -0.1) is 0 Å². The number of phenolic OH excluding ortho intramolecular Hbond substituents is 1. The van der Waals surface area contributed by atoms with Crippen molar-refractivity contribution in [3.05, 3.63) is 104 Å². The molecule has 0 saturated carbocycles. The van der Waals surface area contributed by atoms with Gasteiger partial charge in [0, 0.05) is 11.6 Å². The molecule has 6 nitrogen and oxygen atoms in total. The number of ether oxygens (including phenoxy) is 1. The number of nitrogens with zero attached hydrogens (tertiary/aromatic N) is 1. The number of amides is 1. The summed E-state index contributed by atoms with van der Waals surface area (Å²) in [7, 11) is 1.59. The van der Waals surface area contributed by atoms with Gasteiger partial charge in [0.25, 0.3) is 5.91 Å². The largest absolute Gasteiger partial charge is 0.508 e. The molecule has 0 radical (unpaired) electrons. The number of hydrogen-bond acceptors (Lipinski definition) is 5. The van der Waals surface area contributed by atoms with Crippen molar-refractivity contribution in [3.8, 4) is 11.5 Å². The van der Waals surface area contributed by atoms with E-state index in [0.717, 1.165) is 11.1 Å². The standard InChI is InChI=1S/C26H20ClNO5/c1-14-10-21-19(12-20(14)27)24(30)22-23(16-4-3-5-17(29)11-16)28(26(31)25(22)33-21)13-15-6-8-18(32-2)9-7-15/h3-12,23,29H,13H2,1-2H3. The second-order valence-corrected chi connectivity index (χ2v) is 8.46. The highest BCUT2D eigenvalue weighted by Crippen LogP contribution is 2.40. The van der Waals surface area contributed by atoms with E-state index in [1.165, 1.54) is 0 Å². The van der Waals surface area contributed by atoms with Crippen molar-refractivity contribution in [2.45, 2.75) is 19.5 Å². The van der Waals surface area contributed by atoms with Gasteiger partial charge in [-0.05, 0) is 60.0 Å². The Kier molecular flexibility index (Phi) is 5.10. The minimum absolute atomic E-state index is 0.0103. The third-order valence-electron chi connectivity index (χ3n) is 5.94. The summed E-state index contributed by atoms with van der Waals surface area (Å²) < 4.78 is 11.2. The minimum Gasteiger partial charge on any atom is -0.508 e. The topological polar surface area (TPSA) is 80.0 Å². The van der Waals surface area contributed by atoms with Gasteiger partial charge in [0.2, 0.25) is 5.76 Å². The highest BCUT2D eigenvalue weighted by atomic mass is 35.5. The zero-order valence-corrected chi connectivity index (χ0v) is 18.7. The third kappa shape index (κ3) is 3.52. The summed E-state index contributed by atoms with van der Waals surface area (Å²) in [6.07, 6.45) is 0. The van der Waals surface area contributed by atoms with Gasteiger partial charge in [0.1, 0.15) is 17.1 Å². The SMILES string of the molecule is COc1ccc(CN2C(=O)c3oc4cc(C)c(Cl)cc4c(=O)c3C2c2cccc(O)c2)cc1. The predicted octanol–water partition coefficient (Wildman–Crippen LogP) is 5.21. The molecule has 1 aliphatic rings. The Bertz CT molecular complexity index is 1460. The lowest BCUT2D eigenvalue weighted by molar-refractivity contribution is 0.0714. The van der Waals surface area contributed by atoms with Gasteiger partial charge >= 0.3 is 0 Å². The van der Waals surface area contributed by atoms with Crippen molar-refractivity contribution < 1.29 is 19.1 Å². The molecule has 0 fully saturated rings. The molecule has 4 aromatic rings. The quantitative estimate of drug-likeness (QED) is 0.451. The predicted molar refractivity (Wildman–Crippen MR) is 125 cm³/mol. The van der Waals surface area contributed by atoms with E-state index in [9.17, 15) is 14.7 Å². The van der Waals surface area contributed by atoms with Gasteiger partial charge < -0.3 is 19.2 Å². The Morgan fingerprint density at radius 2 is 1.85 bits per heavy atom. The zero-order chi connectivity index (χ0) is 23.3. The number of carbonyl (C=O) groups excluding carboxylic acids is 1. The number of methoxy groups -OCH3 is 1. The summed E-state index contributed by atoms with van der Waals surface area (Å²) >= 11 is 6.27. The average Bonchev–Trinajstić information content (AvgIpc) is 3.08. The van der Waals surface area contributed by atoms with Crippen molar-refractivity contribution in [1.29, 1.82) is 0 Å². The van der Waals surface area contributed by atoms with Crippen molar-refractivity contribution in [3.63, 3.8) is 0 Å². The first kappa shape index (κ1) is 21.1. The van der Waals surface area contributed by atoms with E-state index in [0.29, 0.717) is 27.3 Å². The molecule has 1 N–H and O–H groups in total. The second kappa shape index (κ2) is 7.98. The molecule has 3 aromatic carbocycles. The number of rotatable bonds is 4. The van der Waals surface area contributed by atoms with Crippen molar-refractivity contribution in [2.24, 2.45) is 0 Å². The summed E-state index contributed by atoms with van der Waals surface area (Å²) in [6, 6.07) is 16.4. The van der Waals surface area contributed by atoms with Crippen LogP contribution in [0, 0.1) is 6.92 Å². The van der Waals surface area contributed by atoms with Gasteiger partial charge in [-0.3, -0.25) is 9.59 Å². The molecule has 2 heterocycles. The number of halogens is 1. The molecule has 7 heteroatoms. The van der Waals surface area contributed by atoms with Gasteiger partial charge in [-0.25, -0.2) is 0 Å². The maximum Gasteiger partial charge on any atom is 0.291 e. The number of carbonyl (C=O) groups is 1. The highest BCUT2D eigenvalue weighted by Gasteiger charge is 2.42. The smallest absolute Gasteiger partial charge is 0.291 e. The fraction of sp³-hybridized carbons (Fsp3) is 0.154. The Hall–Kier alpha value is -3.77. The van der Waals surface area contributed by atoms with Crippen LogP contribution in [-0.4, -0.2) is 23.0 Å². The second-order valence-electron chi connectivity index (χ2n) is 8.05. The normalized spacial score (nSPS) is 15.2. The maximum absolute atomic E-state index is 13.6. The van der Waals surface area contributed by atoms with Crippen LogP contribution < -0.4 is 10.2 Å². The molecular formula is C26H20ClNO5. The fourth-order valence-electron chi connectivity index (χ4n) is 4.27. The average molecular weight is 462 g/mol. The van der Waals surface area contributed by atoms with Crippen molar-refractivity contribution in [2.75, 3.05) is 7.11 Å².